The van der Waals surface area contributed by atoms with Crippen LogP contribution in [0.15, 0.2) is 66.7 Å². The van der Waals surface area contributed by atoms with Crippen molar-refractivity contribution in [3.05, 3.63) is 83.9 Å². The molecule has 0 saturated carbocycles. The highest BCUT2D eigenvalue weighted by atomic mass is 32.1. The summed E-state index contributed by atoms with van der Waals surface area (Å²) in [6.07, 6.45) is 0. The van der Waals surface area contributed by atoms with E-state index in [2.05, 4.69) is 4.98 Å². The smallest absolute Gasteiger partial charge is 0.254 e. The highest BCUT2D eigenvalue weighted by molar-refractivity contribution is 7.22. The Bertz CT molecular complexity index is 1270. The number of rotatable bonds is 4. The van der Waals surface area contributed by atoms with Crippen molar-refractivity contribution in [1.29, 1.82) is 0 Å². The van der Waals surface area contributed by atoms with E-state index in [0.717, 1.165) is 6.07 Å². The fraction of sp³-hybridized carbons (Fsp3) is 0.167. The van der Waals surface area contributed by atoms with Gasteiger partial charge in [0.15, 0.2) is 10.9 Å². The number of hydrogen-bond donors (Lipinski definition) is 0. The summed E-state index contributed by atoms with van der Waals surface area (Å²) < 4.78 is 33.8. The van der Waals surface area contributed by atoms with Crippen LogP contribution < -0.4 is 9.64 Å². The van der Waals surface area contributed by atoms with E-state index in [-0.39, 0.29) is 11.4 Å². The van der Waals surface area contributed by atoms with Crippen molar-refractivity contribution in [2.45, 2.75) is 0 Å². The lowest BCUT2D eigenvalue weighted by Gasteiger charge is -2.34. The molecular formula is C24H19F2N3O2S. The zero-order valence-corrected chi connectivity index (χ0v) is 17.8. The Hall–Kier alpha value is -3.52. The second kappa shape index (κ2) is 8.55. The standard InChI is InChI=1S/C24H19F2N3O2S/c25-17-14-20(26)22-21(15-17)32-24(27-22)29-11-9-28(10-12-29)23(30)16-5-4-8-19(13-16)31-18-6-2-1-3-7-18/h1-8,13-15H,9-12H2. The van der Waals surface area contributed by atoms with E-state index in [1.165, 1.54) is 17.4 Å². The summed E-state index contributed by atoms with van der Waals surface area (Å²) >= 11 is 1.26. The molecule has 1 aromatic heterocycles. The summed E-state index contributed by atoms with van der Waals surface area (Å²) in [5.74, 6) is -0.0316. The minimum absolute atomic E-state index is 0.0689. The average molecular weight is 451 g/mol. The van der Waals surface area contributed by atoms with E-state index in [1.54, 1.807) is 23.1 Å². The molecule has 0 spiro atoms. The third-order valence-corrected chi connectivity index (χ3v) is 6.36. The number of amides is 1. The van der Waals surface area contributed by atoms with E-state index < -0.39 is 11.6 Å². The topological polar surface area (TPSA) is 45.7 Å². The maximum atomic E-state index is 14.0. The van der Waals surface area contributed by atoms with E-state index >= 15 is 0 Å². The quantitative estimate of drug-likeness (QED) is 0.421. The van der Waals surface area contributed by atoms with Crippen LogP contribution in [0.25, 0.3) is 10.2 Å². The van der Waals surface area contributed by atoms with E-state index in [1.807, 2.05) is 41.3 Å². The van der Waals surface area contributed by atoms with Gasteiger partial charge in [-0.25, -0.2) is 13.8 Å². The van der Waals surface area contributed by atoms with Gasteiger partial charge in [0, 0.05) is 37.8 Å². The summed E-state index contributed by atoms with van der Waals surface area (Å²) in [5, 5.41) is 0.634. The van der Waals surface area contributed by atoms with Gasteiger partial charge in [0.25, 0.3) is 5.91 Å². The molecule has 0 unspecified atom stereocenters. The SMILES string of the molecule is O=C(c1cccc(Oc2ccccc2)c1)N1CCN(c2nc3c(F)cc(F)cc3s2)CC1. The molecule has 32 heavy (non-hydrogen) atoms. The molecular weight excluding hydrogens is 432 g/mol. The first-order valence-corrected chi connectivity index (χ1v) is 11.0. The first-order chi connectivity index (χ1) is 15.6. The summed E-state index contributed by atoms with van der Waals surface area (Å²) in [6, 6.07) is 18.7. The number of anilines is 1. The lowest BCUT2D eigenvalue weighted by atomic mass is 10.1. The van der Waals surface area contributed by atoms with Crippen LogP contribution in [0.3, 0.4) is 0 Å². The molecule has 5 nitrogen and oxygen atoms in total. The third kappa shape index (κ3) is 4.13. The van der Waals surface area contributed by atoms with Crippen LogP contribution in [0, 0.1) is 11.6 Å². The van der Waals surface area contributed by atoms with Gasteiger partial charge in [-0.3, -0.25) is 4.79 Å². The lowest BCUT2D eigenvalue weighted by molar-refractivity contribution is 0.0746. The minimum Gasteiger partial charge on any atom is -0.457 e. The molecule has 0 N–H and O–H groups in total. The molecule has 1 fully saturated rings. The van der Waals surface area contributed by atoms with Gasteiger partial charge in [-0.1, -0.05) is 35.6 Å². The molecule has 1 saturated heterocycles. The number of piperazine rings is 1. The third-order valence-electron chi connectivity index (χ3n) is 5.30. The number of thiazole rings is 1. The normalized spacial score (nSPS) is 14.1. The molecule has 0 aliphatic carbocycles. The van der Waals surface area contributed by atoms with Crippen molar-refractivity contribution in [1.82, 2.24) is 9.88 Å². The Morgan fingerprint density at radius 2 is 1.66 bits per heavy atom. The van der Waals surface area contributed by atoms with Crippen LogP contribution in [0.1, 0.15) is 10.4 Å². The minimum atomic E-state index is -0.658. The molecule has 2 heterocycles. The van der Waals surface area contributed by atoms with E-state index in [9.17, 15) is 13.6 Å². The monoisotopic (exact) mass is 451 g/mol. The second-order valence-corrected chi connectivity index (χ2v) is 8.46. The van der Waals surface area contributed by atoms with Gasteiger partial charge in [-0.05, 0) is 36.4 Å². The molecule has 1 amide bonds. The molecule has 4 aromatic rings. The predicted molar refractivity (Wildman–Crippen MR) is 121 cm³/mol. The Morgan fingerprint density at radius 3 is 2.44 bits per heavy atom. The highest BCUT2D eigenvalue weighted by Gasteiger charge is 2.25. The molecule has 8 heteroatoms. The van der Waals surface area contributed by atoms with E-state index in [4.69, 9.17) is 4.74 Å². The highest BCUT2D eigenvalue weighted by Crippen LogP contribution is 2.32. The number of aromatic nitrogens is 1. The Labute approximate surface area is 187 Å². The van der Waals surface area contributed by atoms with Gasteiger partial charge >= 0.3 is 0 Å². The van der Waals surface area contributed by atoms with Crippen LogP contribution in [0.2, 0.25) is 0 Å². The number of nitrogens with zero attached hydrogens (tertiary/aromatic N) is 3. The number of carbonyl (C=O) groups excluding carboxylic acids is 1. The zero-order chi connectivity index (χ0) is 22.1. The molecule has 1 aliphatic heterocycles. The Kier molecular flexibility index (Phi) is 5.45. The van der Waals surface area contributed by atoms with Crippen molar-refractivity contribution < 1.29 is 18.3 Å². The van der Waals surface area contributed by atoms with Crippen molar-refractivity contribution in [2.75, 3.05) is 31.1 Å². The van der Waals surface area contributed by atoms with Gasteiger partial charge in [-0.15, -0.1) is 0 Å². The lowest BCUT2D eigenvalue weighted by Crippen LogP contribution is -2.48. The summed E-state index contributed by atoms with van der Waals surface area (Å²) in [7, 11) is 0. The largest absolute Gasteiger partial charge is 0.457 e. The van der Waals surface area contributed by atoms with E-state index in [0.29, 0.717) is 53.1 Å². The fourth-order valence-corrected chi connectivity index (χ4v) is 4.74. The molecule has 1 aliphatic rings. The molecule has 3 aromatic carbocycles. The predicted octanol–water partition coefficient (Wildman–Crippen LogP) is 5.33. The van der Waals surface area contributed by atoms with Crippen molar-refractivity contribution >= 4 is 32.6 Å². The van der Waals surface area contributed by atoms with Crippen LogP contribution in [0.5, 0.6) is 11.5 Å². The average Bonchev–Trinajstić information content (AvgIpc) is 3.24. The van der Waals surface area contributed by atoms with Crippen LogP contribution in [0.4, 0.5) is 13.9 Å². The first-order valence-electron chi connectivity index (χ1n) is 10.2. The first kappa shape index (κ1) is 20.4. The van der Waals surface area contributed by atoms with Gasteiger partial charge < -0.3 is 14.5 Å². The van der Waals surface area contributed by atoms with Crippen molar-refractivity contribution in [2.24, 2.45) is 0 Å². The van der Waals surface area contributed by atoms with Crippen LogP contribution >= 0.6 is 11.3 Å². The summed E-state index contributed by atoms with van der Waals surface area (Å²) in [6.45, 7) is 2.15. The van der Waals surface area contributed by atoms with Crippen LogP contribution in [-0.2, 0) is 0 Å². The zero-order valence-electron chi connectivity index (χ0n) is 17.0. The molecule has 0 radical (unpaired) electrons. The van der Waals surface area contributed by atoms with Gasteiger partial charge in [0.05, 0.1) is 4.70 Å². The number of halogens is 2. The Morgan fingerprint density at radius 1 is 0.906 bits per heavy atom. The number of carbonyl (C=O) groups is 1. The van der Waals surface area contributed by atoms with Crippen LogP contribution in [-0.4, -0.2) is 42.0 Å². The maximum absolute atomic E-state index is 14.0. The van der Waals surface area contributed by atoms with Crippen molar-refractivity contribution in [3.63, 3.8) is 0 Å². The number of ether oxygens (including phenoxy) is 1. The van der Waals surface area contributed by atoms with Crippen molar-refractivity contribution in [3.8, 4) is 11.5 Å². The molecule has 0 atom stereocenters. The number of fused-ring (bicyclic) bond motifs is 1. The number of benzene rings is 3. The summed E-state index contributed by atoms with van der Waals surface area (Å²) in [5.41, 5.74) is 0.740. The van der Waals surface area contributed by atoms with Gasteiger partial charge in [0.2, 0.25) is 0 Å². The number of para-hydroxylation sites is 1. The van der Waals surface area contributed by atoms with Gasteiger partial charge in [0.1, 0.15) is 22.8 Å². The maximum Gasteiger partial charge on any atom is 0.254 e. The second-order valence-electron chi connectivity index (χ2n) is 7.45. The van der Waals surface area contributed by atoms with Gasteiger partial charge in [-0.2, -0.15) is 0 Å². The summed E-state index contributed by atoms with van der Waals surface area (Å²) in [4.78, 5) is 21.1. The molecule has 162 valence electrons. The molecule has 0 bridgehead atoms. The Balaban J connectivity index is 1.26. The fourth-order valence-electron chi connectivity index (χ4n) is 3.68. The molecule has 5 rings (SSSR count). The number of hydrogen-bond acceptors (Lipinski definition) is 5.